The predicted octanol–water partition coefficient (Wildman–Crippen LogP) is 14.9. The molecule has 0 aliphatic heterocycles. The summed E-state index contributed by atoms with van der Waals surface area (Å²) in [6, 6.07) is -0.654. The van der Waals surface area contributed by atoms with Gasteiger partial charge in [-0.2, -0.15) is 0 Å². The lowest BCUT2D eigenvalue weighted by Gasteiger charge is -2.20. The fourth-order valence-electron chi connectivity index (χ4n) is 7.44. The van der Waals surface area contributed by atoms with Gasteiger partial charge in [-0.05, 0) is 83.5 Å². The maximum absolute atomic E-state index is 12.4. The number of carbonyl (C=O) groups excluding carboxylic acids is 2. The number of hydrogen-bond donors (Lipinski definition) is 3. The van der Waals surface area contributed by atoms with E-state index in [9.17, 15) is 19.8 Å². The lowest BCUT2D eigenvalue weighted by molar-refractivity contribution is -0.143. The standard InChI is InChI=1S/C52H97NO5/c1-3-5-7-9-11-13-15-17-18-19-20-21-23-24-28-32-36-40-44-50(55)49(48-54)53-51(56)45-41-37-33-29-26-27-31-35-39-43-47-58-52(57)46-42-38-34-30-25-22-16-14-12-10-8-6-4-2/h14,16,27,31,40,44,49-50,54-55H,3-13,15,17-26,28-30,32-39,41-43,45-48H2,1-2H3,(H,53,56)/b16-14-,31-27-,44-40+. The Balaban J connectivity index is 3.59. The second-order valence-corrected chi connectivity index (χ2v) is 17.1. The first-order chi connectivity index (χ1) is 28.5. The molecule has 2 unspecified atom stereocenters. The molecule has 340 valence electrons. The van der Waals surface area contributed by atoms with Gasteiger partial charge >= 0.3 is 5.97 Å². The third-order valence-electron chi connectivity index (χ3n) is 11.4. The highest BCUT2D eigenvalue weighted by Crippen LogP contribution is 2.15. The Kier molecular flexibility index (Phi) is 46.2. The molecule has 0 heterocycles. The van der Waals surface area contributed by atoms with E-state index in [0.29, 0.717) is 19.4 Å². The first-order valence-electron chi connectivity index (χ1n) is 25.3. The van der Waals surface area contributed by atoms with Crippen molar-refractivity contribution in [3.63, 3.8) is 0 Å². The van der Waals surface area contributed by atoms with E-state index in [1.54, 1.807) is 6.08 Å². The van der Waals surface area contributed by atoms with Gasteiger partial charge in [-0.15, -0.1) is 0 Å². The number of hydrogen-bond acceptors (Lipinski definition) is 5. The van der Waals surface area contributed by atoms with Gasteiger partial charge in [0, 0.05) is 12.8 Å². The quantitative estimate of drug-likeness (QED) is 0.0323. The molecule has 0 aliphatic rings. The molecule has 0 aromatic heterocycles. The number of allylic oxidation sites excluding steroid dienone is 5. The average molecular weight is 816 g/mol. The van der Waals surface area contributed by atoms with E-state index < -0.39 is 12.1 Å². The van der Waals surface area contributed by atoms with Crippen LogP contribution in [-0.2, 0) is 14.3 Å². The molecule has 1 amide bonds. The van der Waals surface area contributed by atoms with Crippen molar-refractivity contribution in [2.24, 2.45) is 0 Å². The van der Waals surface area contributed by atoms with E-state index in [1.807, 2.05) is 6.08 Å². The molecule has 3 N–H and O–H groups in total. The molecule has 58 heavy (non-hydrogen) atoms. The van der Waals surface area contributed by atoms with Crippen molar-refractivity contribution in [3.8, 4) is 0 Å². The summed E-state index contributed by atoms with van der Waals surface area (Å²) in [7, 11) is 0. The zero-order chi connectivity index (χ0) is 42.3. The van der Waals surface area contributed by atoms with Gasteiger partial charge in [-0.3, -0.25) is 9.59 Å². The van der Waals surface area contributed by atoms with E-state index in [-0.39, 0.29) is 18.5 Å². The van der Waals surface area contributed by atoms with Crippen LogP contribution in [0, 0.1) is 0 Å². The highest BCUT2D eigenvalue weighted by Gasteiger charge is 2.18. The molecule has 2 atom stereocenters. The minimum Gasteiger partial charge on any atom is -0.466 e. The van der Waals surface area contributed by atoms with Gasteiger partial charge in [0.05, 0.1) is 25.4 Å². The van der Waals surface area contributed by atoms with Gasteiger partial charge in [0.25, 0.3) is 0 Å². The van der Waals surface area contributed by atoms with Gasteiger partial charge in [0.15, 0.2) is 0 Å². The van der Waals surface area contributed by atoms with E-state index in [0.717, 1.165) is 77.0 Å². The summed E-state index contributed by atoms with van der Waals surface area (Å²) < 4.78 is 5.42. The Bertz CT molecular complexity index is 946. The highest BCUT2D eigenvalue weighted by molar-refractivity contribution is 5.76. The van der Waals surface area contributed by atoms with E-state index in [4.69, 9.17) is 4.74 Å². The normalized spacial score (nSPS) is 13.0. The van der Waals surface area contributed by atoms with E-state index in [1.165, 1.54) is 154 Å². The summed E-state index contributed by atoms with van der Waals surface area (Å²) in [4.78, 5) is 24.4. The SMILES string of the molecule is CCCCCC/C=C\CCCCCCCC(=O)OCCCC/C=C\CCCCCCC(=O)NC(CO)C(O)/C=C/CCCCCCCCCCCCCCCCCC. The van der Waals surface area contributed by atoms with Crippen LogP contribution >= 0.6 is 0 Å². The number of rotatable bonds is 46. The first-order valence-corrected chi connectivity index (χ1v) is 25.3. The van der Waals surface area contributed by atoms with Crippen LogP contribution in [0.1, 0.15) is 258 Å². The predicted molar refractivity (Wildman–Crippen MR) is 250 cm³/mol. The van der Waals surface area contributed by atoms with Crippen LogP contribution in [0.25, 0.3) is 0 Å². The molecule has 0 saturated carbocycles. The smallest absolute Gasteiger partial charge is 0.305 e. The van der Waals surface area contributed by atoms with Crippen molar-refractivity contribution in [1.29, 1.82) is 0 Å². The lowest BCUT2D eigenvalue weighted by atomic mass is 10.0. The Labute approximate surface area is 360 Å². The molecule has 0 radical (unpaired) electrons. The van der Waals surface area contributed by atoms with Gasteiger partial charge in [0.2, 0.25) is 5.91 Å². The Morgan fingerprint density at radius 3 is 1.24 bits per heavy atom. The summed E-state index contributed by atoms with van der Waals surface area (Å²) >= 11 is 0. The Hall–Kier alpha value is -1.92. The number of amides is 1. The second-order valence-electron chi connectivity index (χ2n) is 17.1. The number of unbranched alkanes of at least 4 members (excludes halogenated alkanes) is 31. The molecule has 0 aromatic rings. The molecule has 0 bridgehead atoms. The summed E-state index contributed by atoms with van der Waals surface area (Å²) in [5.41, 5.74) is 0. The molecule has 0 aromatic carbocycles. The molecule has 0 spiro atoms. The summed E-state index contributed by atoms with van der Waals surface area (Å²) in [5, 5.41) is 23.1. The topological polar surface area (TPSA) is 95.9 Å². The summed E-state index contributed by atoms with van der Waals surface area (Å²) in [6.45, 7) is 4.79. The number of carbonyl (C=O) groups is 2. The third-order valence-corrected chi connectivity index (χ3v) is 11.4. The van der Waals surface area contributed by atoms with Crippen LogP contribution in [0.3, 0.4) is 0 Å². The van der Waals surface area contributed by atoms with Crippen LogP contribution in [0.4, 0.5) is 0 Å². The van der Waals surface area contributed by atoms with Crippen molar-refractivity contribution >= 4 is 11.9 Å². The maximum Gasteiger partial charge on any atom is 0.305 e. The Morgan fingerprint density at radius 2 is 0.810 bits per heavy atom. The summed E-state index contributed by atoms with van der Waals surface area (Å²) in [5.74, 6) is -0.152. The zero-order valence-electron chi connectivity index (χ0n) is 38.5. The average Bonchev–Trinajstić information content (AvgIpc) is 3.22. The minimum absolute atomic E-state index is 0.0481. The molecule has 0 aliphatic carbocycles. The molecular weight excluding hydrogens is 719 g/mol. The minimum atomic E-state index is -0.867. The van der Waals surface area contributed by atoms with Gasteiger partial charge < -0.3 is 20.3 Å². The first kappa shape index (κ1) is 56.1. The maximum atomic E-state index is 12.4. The van der Waals surface area contributed by atoms with Gasteiger partial charge in [0.1, 0.15) is 0 Å². The largest absolute Gasteiger partial charge is 0.466 e. The van der Waals surface area contributed by atoms with Gasteiger partial charge in [-0.25, -0.2) is 0 Å². The molecule has 0 saturated heterocycles. The molecular formula is C52H97NO5. The van der Waals surface area contributed by atoms with Crippen LogP contribution in [0.15, 0.2) is 36.5 Å². The number of nitrogens with one attached hydrogen (secondary N) is 1. The molecule has 0 rings (SSSR count). The highest BCUT2D eigenvalue weighted by atomic mass is 16.5. The zero-order valence-corrected chi connectivity index (χ0v) is 38.5. The number of aliphatic hydroxyl groups is 2. The van der Waals surface area contributed by atoms with Crippen LogP contribution in [0.2, 0.25) is 0 Å². The fraction of sp³-hybridized carbons (Fsp3) is 0.846. The van der Waals surface area contributed by atoms with Crippen LogP contribution in [0.5, 0.6) is 0 Å². The number of ether oxygens (including phenoxy) is 1. The van der Waals surface area contributed by atoms with Crippen molar-refractivity contribution in [2.45, 2.75) is 270 Å². The number of aliphatic hydroxyl groups excluding tert-OH is 2. The fourth-order valence-corrected chi connectivity index (χ4v) is 7.44. The van der Waals surface area contributed by atoms with E-state index in [2.05, 4.69) is 43.5 Å². The third kappa shape index (κ3) is 43.7. The van der Waals surface area contributed by atoms with Crippen molar-refractivity contribution < 1.29 is 24.5 Å². The number of esters is 1. The summed E-state index contributed by atoms with van der Waals surface area (Å²) in [6.07, 6.45) is 57.1. The van der Waals surface area contributed by atoms with E-state index >= 15 is 0 Å². The molecule has 6 heteroatoms. The van der Waals surface area contributed by atoms with Crippen molar-refractivity contribution in [1.82, 2.24) is 5.32 Å². The molecule has 6 nitrogen and oxygen atoms in total. The monoisotopic (exact) mass is 816 g/mol. The van der Waals surface area contributed by atoms with Crippen molar-refractivity contribution in [3.05, 3.63) is 36.5 Å². The van der Waals surface area contributed by atoms with Crippen molar-refractivity contribution in [2.75, 3.05) is 13.2 Å². The van der Waals surface area contributed by atoms with Crippen LogP contribution < -0.4 is 5.32 Å². The lowest BCUT2D eigenvalue weighted by Crippen LogP contribution is -2.45. The Morgan fingerprint density at radius 1 is 0.466 bits per heavy atom. The van der Waals surface area contributed by atoms with Crippen LogP contribution in [-0.4, -0.2) is 47.4 Å². The molecule has 0 fully saturated rings. The van der Waals surface area contributed by atoms with Gasteiger partial charge in [-0.1, -0.05) is 198 Å². The second kappa shape index (κ2) is 47.8.